The lowest BCUT2D eigenvalue weighted by Crippen LogP contribution is -2.27. The molecule has 128 valence electrons. The van der Waals surface area contributed by atoms with Crippen molar-refractivity contribution in [1.82, 2.24) is 9.47 Å². The highest BCUT2D eigenvalue weighted by Crippen LogP contribution is 2.34. The van der Waals surface area contributed by atoms with E-state index >= 15 is 0 Å². The van der Waals surface area contributed by atoms with Crippen LogP contribution in [0.15, 0.2) is 59.2 Å². The van der Waals surface area contributed by atoms with Crippen molar-refractivity contribution in [3.8, 4) is 0 Å². The highest BCUT2D eigenvalue weighted by atomic mass is 79.9. The average molecular weight is 397 g/mol. The number of carbonyl (C=O) groups excluding carboxylic acids is 1. The van der Waals surface area contributed by atoms with Crippen LogP contribution < -0.4 is 0 Å². The molecule has 3 aromatic rings. The molecule has 1 aliphatic heterocycles. The Kier molecular flexibility index (Phi) is 4.48. The van der Waals surface area contributed by atoms with Crippen molar-refractivity contribution in [3.63, 3.8) is 0 Å². The maximum Gasteiger partial charge on any atom is 0.263 e. The molecule has 0 spiro atoms. The number of hydrogen-bond acceptors (Lipinski definition) is 2. The molecule has 4 rings (SSSR count). The Morgan fingerprint density at radius 3 is 2.56 bits per heavy atom. The summed E-state index contributed by atoms with van der Waals surface area (Å²) in [7, 11) is 2.19. The van der Waals surface area contributed by atoms with Gasteiger partial charge in [0.05, 0.1) is 10.1 Å². The maximum atomic E-state index is 13.1. The standard InChI is InChI=1S/C21H21BrN2O/c1-23-13-7-10-16(23)14-18-17-11-5-6-12-19(17)24(20(18)22)21(25)15-8-3-2-4-9-15/h2-6,8-9,11-12,16H,7,10,13-14H2,1H3/t16-/m0/s1. The van der Waals surface area contributed by atoms with E-state index in [4.69, 9.17) is 0 Å². The maximum absolute atomic E-state index is 13.1. The summed E-state index contributed by atoms with van der Waals surface area (Å²) in [6, 6.07) is 18.2. The summed E-state index contributed by atoms with van der Waals surface area (Å²) in [5.74, 6) is 0.00898. The Hall–Kier alpha value is -1.91. The van der Waals surface area contributed by atoms with Gasteiger partial charge in [-0.25, -0.2) is 0 Å². The number of hydrogen-bond donors (Lipinski definition) is 0. The molecule has 0 aliphatic carbocycles. The van der Waals surface area contributed by atoms with Crippen LogP contribution >= 0.6 is 15.9 Å². The second-order valence-corrected chi connectivity index (χ2v) is 7.53. The van der Waals surface area contributed by atoms with E-state index in [1.807, 2.05) is 53.1 Å². The van der Waals surface area contributed by atoms with Gasteiger partial charge in [-0.2, -0.15) is 0 Å². The van der Waals surface area contributed by atoms with Crippen molar-refractivity contribution in [3.05, 3.63) is 70.3 Å². The molecular weight excluding hydrogens is 376 g/mol. The van der Waals surface area contributed by atoms with Gasteiger partial charge in [0, 0.05) is 17.0 Å². The van der Waals surface area contributed by atoms with Crippen molar-refractivity contribution in [2.45, 2.75) is 25.3 Å². The molecule has 1 aliphatic rings. The van der Waals surface area contributed by atoms with E-state index in [9.17, 15) is 4.79 Å². The average Bonchev–Trinajstić information content (AvgIpc) is 3.17. The Labute approximate surface area is 156 Å². The first kappa shape index (κ1) is 16.6. The number of fused-ring (bicyclic) bond motifs is 1. The molecule has 0 amide bonds. The fourth-order valence-electron chi connectivity index (χ4n) is 3.85. The summed E-state index contributed by atoms with van der Waals surface area (Å²) >= 11 is 3.74. The van der Waals surface area contributed by atoms with Crippen LogP contribution in [0.5, 0.6) is 0 Å². The number of carbonyl (C=O) groups is 1. The molecular formula is C21H21BrN2O. The minimum absolute atomic E-state index is 0.00898. The fraction of sp³-hybridized carbons (Fsp3) is 0.286. The normalized spacial score (nSPS) is 18.1. The van der Waals surface area contributed by atoms with Crippen molar-refractivity contribution in [1.29, 1.82) is 0 Å². The number of likely N-dealkylation sites (N-methyl/N-ethyl adjacent to an activating group) is 1. The van der Waals surface area contributed by atoms with E-state index in [1.54, 1.807) is 0 Å². The largest absolute Gasteiger partial charge is 0.303 e. The Bertz CT molecular complexity index is 916. The van der Waals surface area contributed by atoms with Gasteiger partial charge in [-0.3, -0.25) is 9.36 Å². The van der Waals surface area contributed by atoms with Gasteiger partial charge in [-0.15, -0.1) is 0 Å². The molecule has 1 aromatic heterocycles. The summed E-state index contributed by atoms with van der Waals surface area (Å²) in [4.78, 5) is 15.5. The summed E-state index contributed by atoms with van der Waals surface area (Å²) in [6.07, 6.45) is 3.43. The zero-order valence-corrected chi connectivity index (χ0v) is 15.9. The lowest BCUT2D eigenvalue weighted by atomic mass is 10.0. The molecule has 0 bridgehead atoms. The highest BCUT2D eigenvalue weighted by Gasteiger charge is 2.26. The van der Waals surface area contributed by atoms with Crippen LogP contribution in [0, 0.1) is 0 Å². The van der Waals surface area contributed by atoms with Gasteiger partial charge in [0.1, 0.15) is 0 Å². The fourth-order valence-corrected chi connectivity index (χ4v) is 4.58. The number of nitrogens with zero attached hydrogens (tertiary/aromatic N) is 2. The molecule has 1 fully saturated rings. The van der Waals surface area contributed by atoms with Crippen LogP contribution in [-0.4, -0.2) is 35.0 Å². The van der Waals surface area contributed by atoms with E-state index in [0.29, 0.717) is 11.6 Å². The Morgan fingerprint density at radius 2 is 1.84 bits per heavy atom. The zero-order chi connectivity index (χ0) is 17.4. The number of aromatic nitrogens is 1. The second kappa shape index (κ2) is 6.77. The SMILES string of the molecule is CN1CCC[C@H]1Cc1c(Br)n(C(=O)c2ccccc2)c2ccccc12. The number of rotatable bonds is 3. The minimum atomic E-state index is 0.00898. The molecule has 2 aromatic carbocycles. The molecule has 25 heavy (non-hydrogen) atoms. The highest BCUT2D eigenvalue weighted by molar-refractivity contribution is 9.10. The van der Waals surface area contributed by atoms with Gasteiger partial charge in [-0.05, 0) is 72.5 Å². The van der Waals surface area contributed by atoms with Crippen LogP contribution in [-0.2, 0) is 6.42 Å². The summed E-state index contributed by atoms with van der Waals surface area (Å²) in [5.41, 5.74) is 2.91. The van der Waals surface area contributed by atoms with Crippen LogP contribution in [0.3, 0.4) is 0 Å². The van der Waals surface area contributed by atoms with Gasteiger partial charge < -0.3 is 4.90 Å². The zero-order valence-electron chi connectivity index (χ0n) is 14.3. The first-order chi connectivity index (χ1) is 12.2. The van der Waals surface area contributed by atoms with Crippen molar-refractivity contribution < 1.29 is 4.79 Å². The molecule has 0 radical (unpaired) electrons. The van der Waals surface area contributed by atoms with Crippen LogP contribution in [0.4, 0.5) is 0 Å². The summed E-state index contributed by atoms with van der Waals surface area (Å²) < 4.78 is 2.71. The van der Waals surface area contributed by atoms with Gasteiger partial charge in [0.2, 0.25) is 0 Å². The molecule has 3 nitrogen and oxygen atoms in total. The van der Waals surface area contributed by atoms with Gasteiger partial charge in [0.15, 0.2) is 0 Å². The van der Waals surface area contributed by atoms with Crippen molar-refractivity contribution >= 4 is 32.7 Å². The third-order valence-corrected chi connectivity index (χ3v) is 6.08. The van der Waals surface area contributed by atoms with Crippen molar-refractivity contribution in [2.75, 3.05) is 13.6 Å². The first-order valence-electron chi connectivity index (χ1n) is 8.74. The molecule has 0 unspecified atom stereocenters. The Balaban J connectivity index is 1.82. The van der Waals surface area contributed by atoms with Crippen LogP contribution in [0.25, 0.3) is 10.9 Å². The summed E-state index contributed by atoms with van der Waals surface area (Å²) in [5, 5.41) is 1.17. The Morgan fingerprint density at radius 1 is 1.12 bits per heavy atom. The molecule has 1 atom stereocenters. The van der Waals surface area contributed by atoms with E-state index in [2.05, 4.69) is 33.9 Å². The molecule has 1 saturated heterocycles. The third kappa shape index (κ3) is 2.94. The van der Waals surface area contributed by atoms with Gasteiger partial charge >= 0.3 is 0 Å². The van der Waals surface area contributed by atoms with E-state index in [1.165, 1.54) is 23.8 Å². The first-order valence-corrected chi connectivity index (χ1v) is 9.54. The van der Waals surface area contributed by atoms with Crippen LogP contribution in [0.2, 0.25) is 0 Å². The lowest BCUT2D eigenvalue weighted by Gasteiger charge is -2.19. The molecule has 4 heteroatoms. The smallest absolute Gasteiger partial charge is 0.263 e. The quantitative estimate of drug-likeness (QED) is 0.639. The van der Waals surface area contributed by atoms with Crippen molar-refractivity contribution in [2.24, 2.45) is 0 Å². The van der Waals surface area contributed by atoms with E-state index < -0.39 is 0 Å². The number of halogens is 1. The topological polar surface area (TPSA) is 25.2 Å². The van der Waals surface area contributed by atoms with Gasteiger partial charge in [0.25, 0.3) is 5.91 Å². The third-order valence-electron chi connectivity index (χ3n) is 5.25. The summed E-state index contributed by atoms with van der Waals surface area (Å²) in [6.45, 7) is 1.16. The molecule has 0 saturated carbocycles. The van der Waals surface area contributed by atoms with E-state index in [-0.39, 0.29) is 5.91 Å². The minimum Gasteiger partial charge on any atom is -0.303 e. The number of para-hydroxylation sites is 1. The number of benzene rings is 2. The predicted octanol–water partition coefficient (Wildman–Crippen LogP) is 4.73. The predicted molar refractivity (Wildman–Crippen MR) is 105 cm³/mol. The van der Waals surface area contributed by atoms with E-state index in [0.717, 1.165) is 23.1 Å². The van der Waals surface area contributed by atoms with Crippen LogP contribution in [0.1, 0.15) is 28.8 Å². The van der Waals surface area contributed by atoms with Gasteiger partial charge in [-0.1, -0.05) is 36.4 Å². The lowest BCUT2D eigenvalue weighted by molar-refractivity contribution is 0.0962. The monoisotopic (exact) mass is 396 g/mol. The molecule has 0 N–H and O–H groups in total. The second-order valence-electron chi connectivity index (χ2n) is 6.77. The number of likely N-dealkylation sites (tertiary alicyclic amines) is 1. The molecule has 2 heterocycles.